The minimum absolute atomic E-state index is 0.0701. The molecule has 3 aromatic rings. The van der Waals surface area contributed by atoms with E-state index in [0.717, 1.165) is 18.3 Å². The Hall–Kier alpha value is -2.90. The summed E-state index contributed by atoms with van der Waals surface area (Å²) in [7, 11) is 0. The van der Waals surface area contributed by atoms with Crippen LogP contribution >= 0.6 is 0 Å². The quantitative estimate of drug-likeness (QED) is 0.735. The van der Waals surface area contributed by atoms with E-state index in [0.29, 0.717) is 5.56 Å². The number of primary amides is 1. The molecule has 1 amide bonds. The van der Waals surface area contributed by atoms with E-state index in [2.05, 4.69) is 5.10 Å². The SMILES string of the molecule is NC(=O)c1cc(F)ccc1-c1cccc2c1cnn2C(F)(F)F. The third-order valence-corrected chi connectivity index (χ3v) is 3.39. The maximum absolute atomic E-state index is 13.3. The van der Waals surface area contributed by atoms with Gasteiger partial charge in [0.2, 0.25) is 5.91 Å². The van der Waals surface area contributed by atoms with Gasteiger partial charge in [-0.15, -0.1) is 13.2 Å². The second kappa shape index (κ2) is 5.08. The van der Waals surface area contributed by atoms with E-state index in [1.54, 1.807) is 0 Å². The van der Waals surface area contributed by atoms with E-state index >= 15 is 0 Å². The molecule has 2 N–H and O–H groups in total. The lowest BCUT2D eigenvalue weighted by molar-refractivity contribution is -0.209. The Balaban J connectivity index is 2.31. The van der Waals surface area contributed by atoms with E-state index in [-0.39, 0.29) is 26.7 Å². The van der Waals surface area contributed by atoms with Gasteiger partial charge >= 0.3 is 6.30 Å². The van der Waals surface area contributed by atoms with Crippen molar-refractivity contribution in [2.24, 2.45) is 5.73 Å². The highest BCUT2D eigenvalue weighted by atomic mass is 19.4. The number of nitrogens with zero attached hydrogens (tertiary/aromatic N) is 2. The number of hydrogen-bond acceptors (Lipinski definition) is 2. The first kappa shape index (κ1) is 15.0. The normalized spacial score (nSPS) is 11.8. The smallest absolute Gasteiger partial charge is 0.366 e. The predicted octanol–water partition coefficient (Wildman–Crippen LogP) is 3.42. The van der Waals surface area contributed by atoms with Crippen LogP contribution in [0.1, 0.15) is 10.4 Å². The van der Waals surface area contributed by atoms with Crippen LogP contribution in [0.2, 0.25) is 0 Å². The maximum atomic E-state index is 13.3. The Morgan fingerprint density at radius 3 is 2.52 bits per heavy atom. The molecule has 2 aromatic carbocycles. The molecule has 0 aliphatic rings. The number of halogens is 4. The van der Waals surface area contributed by atoms with Crippen LogP contribution in [-0.2, 0) is 6.30 Å². The molecule has 0 atom stereocenters. The first-order valence-electron chi connectivity index (χ1n) is 6.42. The zero-order chi connectivity index (χ0) is 16.8. The number of aromatic nitrogens is 2. The van der Waals surface area contributed by atoms with Gasteiger partial charge in [0.1, 0.15) is 5.82 Å². The fraction of sp³-hybridized carbons (Fsp3) is 0.0667. The van der Waals surface area contributed by atoms with Gasteiger partial charge in [-0.05, 0) is 29.3 Å². The summed E-state index contributed by atoms with van der Waals surface area (Å²) in [4.78, 5) is 11.5. The molecule has 1 heterocycles. The second-order valence-corrected chi connectivity index (χ2v) is 4.82. The summed E-state index contributed by atoms with van der Waals surface area (Å²) in [5.74, 6) is -1.54. The molecule has 0 radical (unpaired) electrons. The summed E-state index contributed by atoms with van der Waals surface area (Å²) in [5.41, 5.74) is 5.50. The summed E-state index contributed by atoms with van der Waals surface area (Å²) in [6.07, 6.45) is -3.62. The van der Waals surface area contributed by atoms with E-state index in [4.69, 9.17) is 5.73 Å². The molecule has 0 aliphatic heterocycles. The molecule has 0 saturated carbocycles. The highest BCUT2D eigenvalue weighted by Gasteiger charge is 2.33. The topological polar surface area (TPSA) is 60.9 Å². The number of hydrogen-bond donors (Lipinski definition) is 1. The van der Waals surface area contributed by atoms with Crippen LogP contribution < -0.4 is 5.73 Å². The number of rotatable bonds is 2. The van der Waals surface area contributed by atoms with E-state index in [1.165, 1.54) is 24.3 Å². The van der Waals surface area contributed by atoms with Crippen molar-refractivity contribution >= 4 is 16.8 Å². The molecular weight excluding hydrogens is 314 g/mol. The van der Waals surface area contributed by atoms with Gasteiger partial charge in [0, 0.05) is 10.9 Å². The standard InChI is InChI=1S/C15H9F4N3O/c16-8-4-5-10(11(6-8)14(20)23)9-2-1-3-13-12(9)7-21-22(13)15(17,18)19/h1-7H,(H2,20,23). The van der Waals surface area contributed by atoms with Crippen molar-refractivity contribution in [3.05, 3.63) is 54.0 Å². The van der Waals surface area contributed by atoms with Crippen LogP contribution in [0.15, 0.2) is 42.6 Å². The number of fused-ring (bicyclic) bond motifs is 1. The van der Waals surface area contributed by atoms with E-state index in [1.807, 2.05) is 0 Å². The summed E-state index contributed by atoms with van der Waals surface area (Å²) >= 11 is 0. The van der Waals surface area contributed by atoms with Crippen LogP contribution in [0.5, 0.6) is 0 Å². The van der Waals surface area contributed by atoms with Gasteiger partial charge in [0.25, 0.3) is 0 Å². The third kappa shape index (κ3) is 2.52. The number of benzene rings is 2. The minimum atomic E-state index is -4.67. The summed E-state index contributed by atoms with van der Waals surface area (Å²) in [5, 5.41) is 3.53. The fourth-order valence-corrected chi connectivity index (χ4v) is 2.44. The lowest BCUT2D eigenvalue weighted by atomic mass is 9.96. The largest absolute Gasteiger partial charge is 0.505 e. The summed E-state index contributed by atoms with van der Waals surface area (Å²) < 4.78 is 52.0. The van der Waals surface area contributed by atoms with Crippen LogP contribution in [0, 0.1) is 5.82 Å². The number of carbonyl (C=O) groups excluding carboxylic acids is 1. The molecule has 23 heavy (non-hydrogen) atoms. The molecule has 3 rings (SSSR count). The maximum Gasteiger partial charge on any atom is 0.505 e. The third-order valence-electron chi connectivity index (χ3n) is 3.39. The predicted molar refractivity (Wildman–Crippen MR) is 74.9 cm³/mol. The van der Waals surface area contributed by atoms with Gasteiger partial charge in [-0.1, -0.05) is 18.2 Å². The van der Waals surface area contributed by atoms with Crippen LogP contribution in [0.3, 0.4) is 0 Å². The summed E-state index contributed by atoms with van der Waals surface area (Å²) in [6, 6.07) is 7.53. The van der Waals surface area contributed by atoms with Crippen molar-refractivity contribution in [3.8, 4) is 11.1 Å². The monoisotopic (exact) mass is 323 g/mol. The zero-order valence-electron chi connectivity index (χ0n) is 11.4. The van der Waals surface area contributed by atoms with Crippen molar-refractivity contribution in [1.29, 1.82) is 0 Å². The molecule has 0 aliphatic carbocycles. The Morgan fingerprint density at radius 2 is 1.87 bits per heavy atom. The lowest BCUT2D eigenvalue weighted by Gasteiger charge is -2.10. The van der Waals surface area contributed by atoms with Crippen molar-refractivity contribution in [2.75, 3.05) is 0 Å². The molecular formula is C15H9F4N3O. The van der Waals surface area contributed by atoms with Crippen molar-refractivity contribution < 1.29 is 22.4 Å². The van der Waals surface area contributed by atoms with Crippen LogP contribution in [0.25, 0.3) is 22.0 Å². The fourth-order valence-electron chi connectivity index (χ4n) is 2.44. The van der Waals surface area contributed by atoms with E-state index < -0.39 is 18.0 Å². The molecule has 8 heteroatoms. The Kier molecular flexibility index (Phi) is 3.32. The first-order chi connectivity index (χ1) is 10.8. The average molecular weight is 323 g/mol. The van der Waals surface area contributed by atoms with Crippen molar-refractivity contribution in [3.63, 3.8) is 0 Å². The molecule has 0 saturated heterocycles. The molecule has 4 nitrogen and oxygen atoms in total. The molecule has 0 unspecified atom stereocenters. The molecule has 118 valence electrons. The Morgan fingerprint density at radius 1 is 1.13 bits per heavy atom. The van der Waals surface area contributed by atoms with Gasteiger partial charge in [-0.3, -0.25) is 4.79 Å². The highest BCUT2D eigenvalue weighted by molar-refractivity contribution is 6.04. The molecule has 0 spiro atoms. The highest BCUT2D eigenvalue weighted by Crippen LogP contribution is 2.34. The Labute approximate surface area is 127 Å². The molecule has 0 bridgehead atoms. The molecule has 1 aromatic heterocycles. The van der Waals surface area contributed by atoms with Gasteiger partial charge in [-0.25, -0.2) is 4.39 Å². The zero-order valence-corrected chi connectivity index (χ0v) is 11.4. The lowest BCUT2D eigenvalue weighted by Crippen LogP contribution is -2.17. The van der Waals surface area contributed by atoms with Crippen molar-refractivity contribution in [1.82, 2.24) is 9.78 Å². The average Bonchev–Trinajstić information content (AvgIpc) is 2.91. The van der Waals surface area contributed by atoms with Gasteiger partial charge in [-0.2, -0.15) is 9.78 Å². The van der Waals surface area contributed by atoms with E-state index in [9.17, 15) is 22.4 Å². The van der Waals surface area contributed by atoms with Crippen LogP contribution in [0.4, 0.5) is 17.6 Å². The number of amides is 1. The first-order valence-corrected chi connectivity index (χ1v) is 6.42. The minimum Gasteiger partial charge on any atom is -0.366 e. The number of alkyl halides is 3. The van der Waals surface area contributed by atoms with Crippen molar-refractivity contribution in [2.45, 2.75) is 6.30 Å². The van der Waals surface area contributed by atoms with Gasteiger partial charge < -0.3 is 5.73 Å². The number of carbonyl (C=O) groups is 1. The number of nitrogens with two attached hydrogens (primary N) is 1. The second-order valence-electron chi connectivity index (χ2n) is 4.82. The Bertz CT molecular complexity index is 915. The summed E-state index contributed by atoms with van der Waals surface area (Å²) in [6.45, 7) is 0. The van der Waals surface area contributed by atoms with Gasteiger partial charge in [0.05, 0.1) is 11.7 Å². The molecule has 0 fully saturated rings. The van der Waals surface area contributed by atoms with Crippen LogP contribution in [-0.4, -0.2) is 15.7 Å². The van der Waals surface area contributed by atoms with Gasteiger partial charge in [0.15, 0.2) is 0 Å².